The van der Waals surface area contributed by atoms with Crippen LogP contribution in [0.2, 0.25) is 0 Å². The monoisotopic (exact) mass is 208 g/mol. The molecule has 0 unspecified atom stereocenters. The highest BCUT2D eigenvalue weighted by Gasteiger charge is 2.19. The van der Waals surface area contributed by atoms with Crippen molar-refractivity contribution in [1.29, 1.82) is 0 Å². The second-order valence-electron chi connectivity index (χ2n) is 3.96. The molecule has 1 atom stereocenters. The first-order valence-electron chi connectivity index (χ1n) is 5.19. The molecule has 15 heavy (non-hydrogen) atoms. The van der Waals surface area contributed by atoms with Gasteiger partial charge >= 0.3 is 0 Å². The number of nitrogens with one attached hydrogen (secondary N) is 2. The molecular weight excluding hydrogens is 192 g/mol. The number of hydrogen-bond acceptors (Lipinski definition) is 3. The highest BCUT2D eigenvalue weighted by atomic mass is 16.2. The van der Waals surface area contributed by atoms with Gasteiger partial charge in [0.05, 0.1) is 5.69 Å². The van der Waals surface area contributed by atoms with Crippen LogP contribution in [0.15, 0.2) is 6.07 Å². The van der Waals surface area contributed by atoms with E-state index in [-0.39, 0.29) is 11.9 Å². The number of carbonyl (C=O) groups is 1. The molecule has 1 aromatic heterocycles. The van der Waals surface area contributed by atoms with Crippen LogP contribution in [0.3, 0.4) is 0 Å². The zero-order valence-electron chi connectivity index (χ0n) is 9.08. The van der Waals surface area contributed by atoms with Crippen LogP contribution in [0.4, 0.5) is 0 Å². The minimum atomic E-state index is -0.0354. The molecule has 5 nitrogen and oxygen atoms in total. The number of aromatic nitrogens is 2. The van der Waals surface area contributed by atoms with Crippen molar-refractivity contribution in [2.45, 2.75) is 19.4 Å². The van der Waals surface area contributed by atoms with E-state index in [1.165, 1.54) is 0 Å². The number of rotatable bonds is 2. The van der Waals surface area contributed by atoms with Gasteiger partial charge in [-0.1, -0.05) is 0 Å². The van der Waals surface area contributed by atoms with E-state index < -0.39 is 0 Å². The van der Waals surface area contributed by atoms with E-state index in [0.29, 0.717) is 5.69 Å². The SMILES string of the molecule is Cc1cc(C(=O)N[C@H]2CCNC2)n(C)n1. The smallest absolute Gasteiger partial charge is 0.269 e. The van der Waals surface area contributed by atoms with E-state index in [2.05, 4.69) is 15.7 Å². The van der Waals surface area contributed by atoms with Gasteiger partial charge in [0.25, 0.3) is 5.91 Å². The standard InChI is InChI=1S/C10H16N4O/c1-7-5-9(14(2)13-7)10(15)12-8-3-4-11-6-8/h5,8,11H,3-4,6H2,1-2H3,(H,12,15)/t8-/m0/s1. The first-order chi connectivity index (χ1) is 7.16. The molecule has 1 amide bonds. The molecule has 0 bridgehead atoms. The molecular formula is C10H16N4O. The number of carbonyl (C=O) groups excluding carboxylic acids is 1. The molecule has 2 rings (SSSR count). The molecule has 1 aliphatic heterocycles. The topological polar surface area (TPSA) is 59.0 Å². The molecule has 1 aliphatic rings. The van der Waals surface area contributed by atoms with E-state index in [4.69, 9.17) is 0 Å². The van der Waals surface area contributed by atoms with Crippen molar-refractivity contribution in [2.24, 2.45) is 7.05 Å². The van der Waals surface area contributed by atoms with Gasteiger partial charge in [-0.2, -0.15) is 5.10 Å². The van der Waals surface area contributed by atoms with E-state index in [0.717, 1.165) is 25.2 Å². The third-order valence-corrected chi connectivity index (χ3v) is 2.63. The Morgan fingerprint density at radius 2 is 2.53 bits per heavy atom. The van der Waals surface area contributed by atoms with Crippen molar-refractivity contribution in [3.8, 4) is 0 Å². The van der Waals surface area contributed by atoms with Gasteiger partial charge in [0.1, 0.15) is 5.69 Å². The summed E-state index contributed by atoms with van der Waals surface area (Å²) in [7, 11) is 1.79. The van der Waals surface area contributed by atoms with Crippen molar-refractivity contribution in [3.05, 3.63) is 17.5 Å². The molecule has 0 aliphatic carbocycles. The van der Waals surface area contributed by atoms with Crippen LogP contribution in [0.25, 0.3) is 0 Å². The van der Waals surface area contributed by atoms with E-state index in [9.17, 15) is 4.79 Å². The normalized spacial score (nSPS) is 20.5. The van der Waals surface area contributed by atoms with Gasteiger partial charge in [0.15, 0.2) is 0 Å². The van der Waals surface area contributed by atoms with Gasteiger partial charge < -0.3 is 10.6 Å². The number of hydrogen-bond donors (Lipinski definition) is 2. The highest BCUT2D eigenvalue weighted by molar-refractivity contribution is 5.92. The van der Waals surface area contributed by atoms with Crippen LogP contribution < -0.4 is 10.6 Å². The summed E-state index contributed by atoms with van der Waals surface area (Å²) in [5.74, 6) is -0.0354. The first-order valence-corrected chi connectivity index (χ1v) is 5.19. The highest BCUT2D eigenvalue weighted by Crippen LogP contribution is 2.04. The maximum Gasteiger partial charge on any atom is 0.269 e. The van der Waals surface area contributed by atoms with Crippen molar-refractivity contribution in [2.75, 3.05) is 13.1 Å². The molecule has 1 saturated heterocycles. The Kier molecular flexibility index (Phi) is 2.73. The summed E-state index contributed by atoms with van der Waals surface area (Å²) in [6.45, 7) is 3.73. The number of aryl methyl sites for hydroxylation is 2. The van der Waals surface area contributed by atoms with Gasteiger partial charge in [0.2, 0.25) is 0 Å². The van der Waals surface area contributed by atoms with Gasteiger partial charge in [-0.05, 0) is 26.0 Å². The Morgan fingerprint density at radius 3 is 3.07 bits per heavy atom. The third-order valence-electron chi connectivity index (χ3n) is 2.63. The van der Waals surface area contributed by atoms with Crippen LogP contribution in [0.1, 0.15) is 22.6 Å². The van der Waals surface area contributed by atoms with Gasteiger partial charge in [-0.3, -0.25) is 9.48 Å². The third kappa shape index (κ3) is 2.18. The van der Waals surface area contributed by atoms with Gasteiger partial charge in [0, 0.05) is 19.6 Å². The van der Waals surface area contributed by atoms with Crippen molar-refractivity contribution >= 4 is 5.91 Å². The molecule has 5 heteroatoms. The Morgan fingerprint density at radius 1 is 1.73 bits per heavy atom. The van der Waals surface area contributed by atoms with E-state index in [1.807, 2.05) is 6.92 Å². The lowest BCUT2D eigenvalue weighted by atomic mass is 10.2. The summed E-state index contributed by atoms with van der Waals surface area (Å²) >= 11 is 0. The molecule has 82 valence electrons. The number of amides is 1. The summed E-state index contributed by atoms with van der Waals surface area (Å²) in [5.41, 5.74) is 1.49. The van der Waals surface area contributed by atoms with Crippen molar-refractivity contribution in [1.82, 2.24) is 20.4 Å². The average Bonchev–Trinajstić information content (AvgIpc) is 2.75. The molecule has 1 fully saturated rings. The summed E-state index contributed by atoms with van der Waals surface area (Å²) in [5, 5.41) is 10.3. The van der Waals surface area contributed by atoms with Gasteiger partial charge in [-0.15, -0.1) is 0 Å². The van der Waals surface area contributed by atoms with Crippen molar-refractivity contribution < 1.29 is 4.79 Å². The zero-order valence-corrected chi connectivity index (χ0v) is 9.08. The second-order valence-corrected chi connectivity index (χ2v) is 3.96. The van der Waals surface area contributed by atoms with Crippen LogP contribution in [0.5, 0.6) is 0 Å². The maximum absolute atomic E-state index is 11.8. The largest absolute Gasteiger partial charge is 0.347 e. The molecule has 0 spiro atoms. The Balaban J connectivity index is 2.03. The zero-order chi connectivity index (χ0) is 10.8. The summed E-state index contributed by atoms with van der Waals surface area (Å²) in [4.78, 5) is 11.8. The fourth-order valence-corrected chi connectivity index (χ4v) is 1.86. The summed E-state index contributed by atoms with van der Waals surface area (Å²) in [6, 6.07) is 2.06. The predicted molar refractivity (Wildman–Crippen MR) is 56.7 cm³/mol. The first kappa shape index (κ1) is 10.2. The molecule has 0 aromatic carbocycles. The number of nitrogens with zero attached hydrogens (tertiary/aromatic N) is 2. The summed E-state index contributed by atoms with van der Waals surface area (Å²) < 4.78 is 1.62. The quantitative estimate of drug-likeness (QED) is 0.709. The van der Waals surface area contributed by atoms with E-state index in [1.54, 1.807) is 17.8 Å². The van der Waals surface area contributed by atoms with Crippen molar-refractivity contribution in [3.63, 3.8) is 0 Å². The van der Waals surface area contributed by atoms with Gasteiger partial charge in [-0.25, -0.2) is 0 Å². The van der Waals surface area contributed by atoms with Crippen LogP contribution >= 0.6 is 0 Å². The van der Waals surface area contributed by atoms with Crippen LogP contribution in [-0.2, 0) is 7.05 Å². The fraction of sp³-hybridized carbons (Fsp3) is 0.600. The van der Waals surface area contributed by atoms with Crippen LogP contribution in [-0.4, -0.2) is 34.8 Å². The lowest BCUT2D eigenvalue weighted by Crippen LogP contribution is -2.37. The molecule has 1 aromatic rings. The minimum Gasteiger partial charge on any atom is -0.347 e. The lowest BCUT2D eigenvalue weighted by Gasteiger charge is -2.10. The van der Waals surface area contributed by atoms with Crippen LogP contribution in [0, 0.1) is 6.92 Å². The molecule has 2 N–H and O–H groups in total. The molecule has 0 saturated carbocycles. The fourth-order valence-electron chi connectivity index (χ4n) is 1.86. The summed E-state index contributed by atoms with van der Waals surface area (Å²) in [6.07, 6.45) is 1.00. The average molecular weight is 208 g/mol. The predicted octanol–water partition coefficient (Wildman–Crippen LogP) is -0.180. The Labute approximate surface area is 88.8 Å². The maximum atomic E-state index is 11.8. The van der Waals surface area contributed by atoms with E-state index >= 15 is 0 Å². The Hall–Kier alpha value is -1.36. The Bertz CT molecular complexity index is 365. The lowest BCUT2D eigenvalue weighted by molar-refractivity contribution is 0.0930. The molecule has 2 heterocycles. The second kappa shape index (κ2) is 4.02. The minimum absolute atomic E-state index is 0.0354. The molecule has 0 radical (unpaired) electrons.